The maximum atomic E-state index is 12.9. The van der Waals surface area contributed by atoms with E-state index in [1.165, 1.54) is 122 Å². The second-order valence-electron chi connectivity index (χ2n) is 18.5. The van der Waals surface area contributed by atoms with E-state index in [1.54, 1.807) is 6.08 Å². The minimum absolute atomic E-state index is 0.0140. The molecule has 0 bridgehead atoms. The highest BCUT2D eigenvalue weighted by molar-refractivity contribution is 7.45. The molecule has 0 saturated carbocycles. The second kappa shape index (κ2) is 44.4. The van der Waals surface area contributed by atoms with Gasteiger partial charge in [-0.2, -0.15) is 0 Å². The molecule has 0 aliphatic carbocycles. The highest BCUT2D eigenvalue weighted by Gasteiger charge is 2.23. The van der Waals surface area contributed by atoms with Crippen LogP contribution < -0.4 is 10.2 Å². The Hall–Kier alpha value is -1.80. The van der Waals surface area contributed by atoms with Crippen LogP contribution in [0.1, 0.15) is 219 Å². The molecular formula is C53H99N2O6P. The maximum Gasteiger partial charge on any atom is 0.268 e. The molecule has 1 amide bonds. The van der Waals surface area contributed by atoms with Crippen LogP contribution in [0.25, 0.3) is 0 Å². The number of rotatable bonds is 46. The van der Waals surface area contributed by atoms with Gasteiger partial charge in [-0.05, 0) is 70.6 Å². The van der Waals surface area contributed by atoms with E-state index >= 15 is 0 Å². The van der Waals surface area contributed by atoms with Gasteiger partial charge in [0.05, 0.1) is 39.9 Å². The Labute approximate surface area is 383 Å². The van der Waals surface area contributed by atoms with E-state index in [9.17, 15) is 19.4 Å². The lowest BCUT2D eigenvalue weighted by atomic mass is 10.0. The molecule has 0 aromatic rings. The molecule has 0 fully saturated rings. The molecule has 0 aromatic heterocycles. The Balaban J connectivity index is 4.31. The van der Waals surface area contributed by atoms with Crippen LogP contribution in [-0.4, -0.2) is 68.5 Å². The van der Waals surface area contributed by atoms with Gasteiger partial charge in [-0.3, -0.25) is 9.36 Å². The van der Waals surface area contributed by atoms with Crippen LogP contribution in [0.3, 0.4) is 0 Å². The molecule has 0 aromatic carbocycles. The van der Waals surface area contributed by atoms with E-state index in [0.29, 0.717) is 17.4 Å². The number of nitrogens with one attached hydrogen (secondary N) is 1. The molecule has 0 aliphatic heterocycles. The summed E-state index contributed by atoms with van der Waals surface area (Å²) >= 11 is 0. The first kappa shape index (κ1) is 60.2. The molecule has 0 rings (SSSR count). The third-order valence-corrected chi connectivity index (χ3v) is 12.1. The van der Waals surface area contributed by atoms with Crippen molar-refractivity contribution >= 4 is 13.7 Å². The van der Waals surface area contributed by atoms with Crippen molar-refractivity contribution in [3.8, 4) is 0 Å². The van der Waals surface area contributed by atoms with Gasteiger partial charge >= 0.3 is 0 Å². The SMILES string of the molecule is CCC/C=C\C/C=C\CCCCCCCC(=O)NC(COP(=O)([O-])OCC[N+](C)(C)C)C(O)/C=C/CC/C=C/CC/C=C/CCCCCCCCCCCCCCCCCCC. The zero-order valence-electron chi connectivity index (χ0n) is 41.1. The van der Waals surface area contributed by atoms with Crippen LogP contribution in [0.5, 0.6) is 0 Å². The fourth-order valence-corrected chi connectivity index (χ4v) is 7.83. The number of carbonyl (C=O) groups is 1. The van der Waals surface area contributed by atoms with E-state index in [-0.39, 0.29) is 12.5 Å². The van der Waals surface area contributed by atoms with Crippen molar-refractivity contribution in [2.45, 2.75) is 231 Å². The van der Waals surface area contributed by atoms with Crippen molar-refractivity contribution in [1.29, 1.82) is 0 Å². The number of likely N-dealkylation sites (N-methyl/N-ethyl adjacent to an activating group) is 1. The zero-order valence-corrected chi connectivity index (χ0v) is 42.0. The number of carbonyl (C=O) groups excluding carboxylic acids is 1. The number of hydrogen-bond acceptors (Lipinski definition) is 6. The van der Waals surface area contributed by atoms with Gasteiger partial charge in [0.25, 0.3) is 7.82 Å². The molecule has 2 N–H and O–H groups in total. The van der Waals surface area contributed by atoms with Gasteiger partial charge in [-0.15, -0.1) is 0 Å². The molecule has 9 heteroatoms. The quantitative estimate of drug-likeness (QED) is 0.0273. The molecule has 3 atom stereocenters. The van der Waals surface area contributed by atoms with Gasteiger partial charge in [0.15, 0.2) is 0 Å². The molecule has 3 unspecified atom stereocenters. The van der Waals surface area contributed by atoms with Crippen molar-refractivity contribution in [3.63, 3.8) is 0 Å². The van der Waals surface area contributed by atoms with Gasteiger partial charge in [-0.25, -0.2) is 0 Å². The van der Waals surface area contributed by atoms with Crippen LogP contribution in [0, 0.1) is 0 Å². The number of nitrogens with zero attached hydrogens (tertiary/aromatic N) is 1. The average molecular weight is 891 g/mol. The number of unbranched alkanes of at least 4 members (excludes halogenated alkanes) is 25. The summed E-state index contributed by atoms with van der Waals surface area (Å²) in [7, 11) is 1.22. The van der Waals surface area contributed by atoms with Gasteiger partial charge < -0.3 is 28.8 Å². The van der Waals surface area contributed by atoms with Crippen LogP contribution in [0.2, 0.25) is 0 Å². The largest absolute Gasteiger partial charge is 0.756 e. The normalized spacial score (nSPS) is 14.6. The van der Waals surface area contributed by atoms with Crippen LogP contribution in [0.15, 0.2) is 60.8 Å². The number of aliphatic hydroxyl groups is 1. The smallest absolute Gasteiger partial charge is 0.268 e. The Morgan fingerprint density at radius 1 is 0.565 bits per heavy atom. The summed E-state index contributed by atoms with van der Waals surface area (Å²) in [6.45, 7) is 4.54. The first-order valence-corrected chi connectivity index (χ1v) is 27.1. The van der Waals surface area contributed by atoms with E-state index in [0.717, 1.165) is 77.0 Å². The Morgan fingerprint density at radius 3 is 1.47 bits per heavy atom. The lowest BCUT2D eigenvalue weighted by Crippen LogP contribution is -2.45. The molecule has 0 aliphatic rings. The predicted molar refractivity (Wildman–Crippen MR) is 265 cm³/mol. The van der Waals surface area contributed by atoms with Crippen LogP contribution in [0.4, 0.5) is 0 Å². The van der Waals surface area contributed by atoms with Gasteiger partial charge in [0, 0.05) is 6.42 Å². The summed E-state index contributed by atoms with van der Waals surface area (Å²) in [6, 6.07) is -0.918. The first-order chi connectivity index (χ1) is 30.0. The molecule has 362 valence electrons. The maximum absolute atomic E-state index is 12.9. The van der Waals surface area contributed by atoms with Crippen LogP contribution in [-0.2, 0) is 18.4 Å². The third-order valence-electron chi connectivity index (χ3n) is 11.2. The Kier molecular flexibility index (Phi) is 43.1. The minimum Gasteiger partial charge on any atom is -0.756 e. The van der Waals surface area contributed by atoms with Crippen molar-refractivity contribution in [1.82, 2.24) is 5.32 Å². The molecule has 62 heavy (non-hydrogen) atoms. The van der Waals surface area contributed by atoms with Gasteiger partial charge in [0.2, 0.25) is 5.91 Å². The highest BCUT2D eigenvalue weighted by Crippen LogP contribution is 2.38. The molecule has 0 saturated heterocycles. The van der Waals surface area contributed by atoms with E-state index < -0.39 is 26.6 Å². The highest BCUT2D eigenvalue weighted by atomic mass is 31.2. The first-order valence-electron chi connectivity index (χ1n) is 25.7. The number of phosphoric acid groups is 1. The van der Waals surface area contributed by atoms with Crippen LogP contribution >= 0.6 is 7.82 Å². The van der Waals surface area contributed by atoms with Crippen molar-refractivity contribution in [3.05, 3.63) is 60.8 Å². The number of amides is 1. The zero-order chi connectivity index (χ0) is 45.7. The molecule has 8 nitrogen and oxygen atoms in total. The summed E-state index contributed by atoms with van der Waals surface area (Å²) in [6.07, 6.45) is 58.7. The van der Waals surface area contributed by atoms with E-state index in [4.69, 9.17) is 9.05 Å². The summed E-state index contributed by atoms with van der Waals surface area (Å²) in [5.41, 5.74) is 0. The Morgan fingerprint density at radius 2 is 0.984 bits per heavy atom. The molecular weight excluding hydrogens is 792 g/mol. The number of quaternary nitrogens is 1. The number of aliphatic hydroxyl groups excluding tert-OH is 1. The van der Waals surface area contributed by atoms with Gasteiger partial charge in [0.1, 0.15) is 13.2 Å². The van der Waals surface area contributed by atoms with E-state index in [2.05, 4.69) is 67.8 Å². The van der Waals surface area contributed by atoms with Crippen molar-refractivity contribution in [2.75, 3.05) is 40.9 Å². The summed E-state index contributed by atoms with van der Waals surface area (Å²) in [5, 5.41) is 13.8. The van der Waals surface area contributed by atoms with Gasteiger partial charge in [-0.1, -0.05) is 203 Å². The van der Waals surface area contributed by atoms with Crippen molar-refractivity contribution < 1.29 is 32.9 Å². The second-order valence-corrected chi connectivity index (χ2v) is 19.9. The predicted octanol–water partition coefficient (Wildman–Crippen LogP) is 14.3. The lowest BCUT2D eigenvalue weighted by molar-refractivity contribution is -0.870. The number of allylic oxidation sites excluding steroid dienone is 9. The lowest BCUT2D eigenvalue weighted by Gasteiger charge is -2.29. The average Bonchev–Trinajstić information content (AvgIpc) is 3.23. The summed E-state index contributed by atoms with van der Waals surface area (Å²) in [4.78, 5) is 25.3. The molecule has 0 radical (unpaired) electrons. The standard InChI is InChI=1S/C53H99N2O6P/c1-6-8-10-12-14-16-18-20-21-22-23-24-25-26-27-28-29-30-31-32-33-35-36-38-40-42-44-46-52(56)51(50-61-62(58,59)60-49-48-55(3,4)5)54-53(57)47-45-43-41-39-37-34-19-17-15-13-11-9-7-2/h11,13,17,19,31-32,36,38,44,46,51-52,56H,6-10,12,14-16,18,20-30,33-35,37,39-43,45,47-50H2,1-5H3,(H-,54,57,58,59)/b13-11-,19-17-,32-31+,38-36+,46-44+. The third kappa shape index (κ3) is 46.2. The van der Waals surface area contributed by atoms with Crippen molar-refractivity contribution in [2.24, 2.45) is 0 Å². The minimum atomic E-state index is -4.61. The summed E-state index contributed by atoms with van der Waals surface area (Å²) in [5.74, 6) is -0.228. The number of phosphoric ester groups is 1. The fraction of sp³-hybridized carbons (Fsp3) is 0.792. The molecule has 0 spiro atoms. The summed E-state index contributed by atoms with van der Waals surface area (Å²) < 4.78 is 23.2. The Bertz CT molecular complexity index is 1190. The fourth-order valence-electron chi connectivity index (χ4n) is 7.10. The topological polar surface area (TPSA) is 108 Å². The van der Waals surface area contributed by atoms with E-state index in [1.807, 2.05) is 27.2 Å². The molecule has 0 heterocycles. The monoisotopic (exact) mass is 891 g/mol. The number of hydrogen-bond donors (Lipinski definition) is 2.